The van der Waals surface area contributed by atoms with Crippen molar-refractivity contribution >= 4 is 23.4 Å². The summed E-state index contributed by atoms with van der Waals surface area (Å²) in [6.45, 7) is 2.05. The Kier molecular flexibility index (Phi) is 4.03. The quantitative estimate of drug-likeness (QED) is 0.607. The molecule has 0 aliphatic heterocycles. The SMILES string of the molecule is CCn1c(Sc2ncc(C(=O)O)cc2[N+](=O)[O-])n[nH]c1=O. The first-order valence-corrected chi connectivity index (χ1v) is 6.46. The first-order chi connectivity index (χ1) is 9.93. The highest BCUT2D eigenvalue weighted by molar-refractivity contribution is 7.99. The van der Waals surface area contributed by atoms with Crippen molar-refractivity contribution in [3.63, 3.8) is 0 Å². The van der Waals surface area contributed by atoms with E-state index in [9.17, 15) is 19.7 Å². The van der Waals surface area contributed by atoms with E-state index >= 15 is 0 Å². The van der Waals surface area contributed by atoms with E-state index in [4.69, 9.17) is 5.11 Å². The minimum absolute atomic E-state index is 0.0429. The molecule has 2 N–H and O–H groups in total. The van der Waals surface area contributed by atoms with E-state index < -0.39 is 22.3 Å². The number of nitrogens with one attached hydrogen (secondary N) is 1. The van der Waals surface area contributed by atoms with E-state index in [1.54, 1.807) is 6.92 Å². The Bertz CT molecular complexity index is 767. The summed E-state index contributed by atoms with van der Waals surface area (Å²) in [6, 6.07) is 0.915. The zero-order valence-corrected chi connectivity index (χ0v) is 11.5. The van der Waals surface area contributed by atoms with Crippen molar-refractivity contribution < 1.29 is 14.8 Å². The van der Waals surface area contributed by atoms with Crippen LogP contribution < -0.4 is 5.69 Å². The van der Waals surface area contributed by atoms with Gasteiger partial charge in [-0.1, -0.05) is 0 Å². The van der Waals surface area contributed by atoms with Crippen LogP contribution in [0.3, 0.4) is 0 Å². The molecule has 0 bridgehead atoms. The maximum absolute atomic E-state index is 11.4. The Labute approximate surface area is 121 Å². The smallest absolute Gasteiger partial charge is 0.343 e. The number of carboxylic acid groups (broad SMARTS) is 1. The van der Waals surface area contributed by atoms with Crippen molar-refractivity contribution in [3.8, 4) is 0 Å². The van der Waals surface area contributed by atoms with Crippen molar-refractivity contribution in [3.05, 3.63) is 38.4 Å². The van der Waals surface area contributed by atoms with E-state index in [-0.39, 0.29) is 15.7 Å². The molecular formula is C10H9N5O5S. The lowest BCUT2D eigenvalue weighted by molar-refractivity contribution is -0.388. The summed E-state index contributed by atoms with van der Waals surface area (Å²) in [5.41, 5.74) is -1.19. The molecule has 0 aromatic carbocycles. The largest absolute Gasteiger partial charge is 0.478 e. The molecule has 2 heterocycles. The first-order valence-electron chi connectivity index (χ1n) is 5.64. The molecule has 0 radical (unpaired) electrons. The average Bonchev–Trinajstić information content (AvgIpc) is 2.78. The summed E-state index contributed by atoms with van der Waals surface area (Å²) < 4.78 is 1.28. The first kappa shape index (κ1) is 14.7. The fourth-order valence-corrected chi connectivity index (χ4v) is 2.44. The number of aromatic carboxylic acids is 1. The summed E-state index contributed by atoms with van der Waals surface area (Å²) in [6.07, 6.45) is 1.01. The number of rotatable bonds is 5. The summed E-state index contributed by atoms with van der Waals surface area (Å²) in [7, 11) is 0. The predicted molar refractivity (Wildman–Crippen MR) is 70.5 cm³/mol. The van der Waals surface area contributed by atoms with Crippen LogP contribution in [0.5, 0.6) is 0 Å². The fourth-order valence-electron chi connectivity index (χ4n) is 1.51. The molecule has 11 heteroatoms. The highest BCUT2D eigenvalue weighted by Gasteiger charge is 2.22. The maximum Gasteiger partial charge on any atom is 0.343 e. The molecule has 10 nitrogen and oxygen atoms in total. The van der Waals surface area contributed by atoms with Crippen molar-refractivity contribution in [2.45, 2.75) is 23.7 Å². The number of nitrogens with zero attached hydrogens (tertiary/aromatic N) is 4. The molecule has 0 unspecified atom stereocenters. The van der Waals surface area contributed by atoms with Crippen LogP contribution in [0.25, 0.3) is 0 Å². The van der Waals surface area contributed by atoms with Crippen molar-refractivity contribution in [2.24, 2.45) is 0 Å². The Balaban J connectivity index is 2.46. The van der Waals surface area contributed by atoms with E-state index in [1.807, 2.05) is 0 Å². The second-order valence-corrected chi connectivity index (χ2v) is 4.72. The zero-order valence-electron chi connectivity index (χ0n) is 10.6. The Morgan fingerprint density at radius 2 is 2.33 bits per heavy atom. The number of hydrogen-bond donors (Lipinski definition) is 2. The lowest BCUT2D eigenvalue weighted by Gasteiger charge is -2.03. The summed E-state index contributed by atoms with van der Waals surface area (Å²) >= 11 is 0.810. The Hall–Kier alpha value is -2.69. The number of aromatic nitrogens is 4. The highest BCUT2D eigenvalue weighted by atomic mass is 32.2. The van der Waals surface area contributed by atoms with Crippen LogP contribution in [0.1, 0.15) is 17.3 Å². The van der Waals surface area contributed by atoms with Crippen LogP contribution in [0, 0.1) is 10.1 Å². The highest BCUT2D eigenvalue weighted by Crippen LogP contribution is 2.31. The molecule has 0 atom stereocenters. The van der Waals surface area contributed by atoms with E-state index in [0.717, 1.165) is 24.0 Å². The number of aromatic amines is 1. The lowest BCUT2D eigenvalue weighted by Crippen LogP contribution is -2.16. The molecule has 110 valence electrons. The second-order valence-electron chi connectivity index (χ2n) is 3.77. The van der Waals surface area contributed by atoms with Gasteiger partial charge in [0.25, 0.3) is 0 Å². The molecule has 2 aromatic rings. The number of H-pyrrole nitrogens is 1. The Morgan fingerprint density at radius 1 is 1.62 bits per heavy atom. The number of pyridine rings is 1. The maximum atomic E-state index is 11.4. The molecule has 21 heavy (non-hydrogen) atoms. The lowest BCUT2D eigenvalue weighted by atomic mass is 10.3. The molecule has 0 aliphatic rings. The van der Waals surface area contributed by atoms with Crippen molar-refractivity contribution in [1.29, 1.82) is 0 Å². The van der Waals surface area contributed by atoms with Gasteiger partial charge < -0.3 is 5.11 Å². The van der Waals surface area contributed by atoms with E-state index in [0.29, 0.717) is 6.54 Å². The molecule has 0 saturated heterocycles. The minimum Gasteiger partial charge on any atom is -0.478 e. The van der Waals surface area contributed by atoms with Crippen molar-refractivity contribution in [1.82, 2.24) is 19.7 Å². The summed E-state index contributed by atoms with van der Waals surface area (Å²) in [5.74, 6) is -1.31. The predicted octanol–water partition coefficient (Wildman–Crippen LogP) is 0.744. The van der Waals surface area contributed by atoms with Gasteiger partial charge in [-0.05, 0) is 18.7 Å². The van der Waals surface area contributed by atoms with Crippen LogP contribution in [0.4, 0.5) is 5.69 Å². The molecule has 0 amide bonds. The van der Waals surface area contributed by atoms with Gasteiger partial charge in [0.15, 0.2) is 10.2 Å². The van der Waals surface area contributed by atoms with Gasteiger partial charge in [0.2, 0.25) is 0 Å². The van der Waals surface area contributed by atoms with E-state index in [2.05, 4.69) is 15.2 Å². The van der Waals surface area contributed by atoms with Gasteiger partial charge in [-0.25, -0.2) is 19.7 Å². The Morgan fingerprint density at radius 3 is 2.90 bits per heavy atom. The number of hydrogen-bond acceptors (Lipinski definition) is 7. The molecule has 0 fully saturated rings. The second kappa shape index (κ2) is 5.75. The standard InChI is InChI=1S/C10H9N5O5S/c1-2-14-9(18)12-13-10(14)21-7-6(15(19)20)3-5(4-11-7)8(16)17/h3-4H,2H2,1H3,(H,12,18)(H,16,17). The fraction of sp³-hybridized carbons (Fsp3) is 0.200. The van der Waals surface area contributed by atoms with Gasteiger partial charge in [-0.15, -0.1) is 5.10 Å². The molecule has 0 saturated carbocycles. The molecule has 2 aromatic heterocycles. The zero-order chi connectivity index (χ0) is 15.6. The van der Waals surface area contributed by atoms with Gasteiger partial charge in [-0.2, -0.15) is 0 Å². The summed E-state index contributed by atoms with van der Waals surface area (Å²) in [5, 5.41) is 26.0. The average molecular weight is 311 g/mol. The number of nitro groups is 1. The van der Waals surface area contributed by atoms with Crippen molar-refractivity contribution in [2.75, 3.05) is 0 Å². The normalized spacial score (nSPS) is 10.5. The van der Waals surface area contributed by atoms with Gasteiger partial charge >= 0.3 is 17.3 Å². The molecule has 0 spiro atoms. The third-order valence-electron chi connectivity index (χ3n) is 2.50. The van der Waals surface area contributed by atoms with E-state index in [1.165, 1.54) is 4.57 Å². The van der Waals surface area contributed by atoms with Crippen LogP contribution in [-0.2, 0) is 6.54 Å². The third kappa shape index (κ3) is 2.91. The molecule has 2 rings (SSSR count). The number of carbonyl (C=O) groups is 1. The molecular weight excluding hydrogens is 302 g/mol. The van der Waals surface area contributed by atoms with Crippen LogP contribution in [0.15, 0.2) is 27.2 Å². The third-order valence-corrected chi connectivity index (χ3v) is 3.51. The van der Waals surface area contributed by atoms with Crippen LogP contribution in [0.2, 0.25) is 0 Å². The van der Waals surface area contributed by atoms with Gasteiger partial charge in [-0.3, -0.25) is 14.7 Å². The van der Waals surface area contributed by atoms with Crippen LogP contribution >= 0.6 is 11.8 Å². The monoisotopic (exact) mass is 311 g/mol. The number of carboxylic acids is 1. The topological polar surface area (TPSA) is 144 Å². The van der Waals surface area contributed by atoms with Crippen LogP contribution in [-0.4, -0.2) is 35.7 Å². The molecule has 0 aliphatic carbocycles. The summed E-state index contributed by atoms with van der Waals surface area (Å²) in [4.78, 5) is 36.3. The van der Waals surface area contributed by atoms with Gasteiger partial charge in [0.05, 0.1) is 10.5 Å². The van der Waals surface area contributed by atoms with Gasteiger partial charge in [0, 0.05) is 18.8 Å². The van der Waals surface area contributed by atoms with Gasteiger partial charge in [0.1, 0.15) is 0 Å². The minimum atomic E-state index is -1.31.